The summed E-state index contributed by atoms with van der Waals surface area (Å²) in [7, 11) is 0. The Morgan fingerprint density at radius 1 is 1.33 bits per heavy atom. The Labute approximate surface area is 120 Å². The number of nitrogens with one attached hydrogen (secondary N) is 1. The van der Waals surface area contributed by atoms with Crippen LogP contribution in [0.25, 0.3) is 0 Å². The number of alkyl halides is 2. The highest BCUT2D eigenvalue weighted by Crippen LogP contribution is 2.15. The van der Waals surface area contributed by atoms with E-state index in [4.69, 9.17) is 23.2 Å². The molecule has 1 aromatic rings. The molecule has 1 rings (SSSR count). The number of nitrogens with zero attached hydrogens (tertiary/aromatic N) is 2. The average Bonchev–Trinajstić information content (AvgIpc) is 2.86. The van der Waals surface area contributed by atoms with Crippen molar-refractivity contribution in [2.45, 2.75) is 51.7 Å². The molecule has 0 spiro atoms. The summed E-state index contributed by atoms with van der Waals surface area (Å²) < 4.78 is 2.05. The van der Waals surface area contributed by atoms with Gasteiger partial charge in [-0.05, 0) is 25.8 Å². The number of aromatic nitrogens is 2. The van der Waals surface area contributed by atoms with Crippen LogP contribution in [-0.2, 0) is 6.54 Å². The molecule has 0 atom stereocenters. The molecule has 1 N–H and O–H groups in total. The molecule has 0 saturated heterocycles. The van der Waals surface area contributed by atoms with Crippen LogP contribution < -0.4 is 5.32 Å². The molecular weight excluding hydrogens is 269 g/mol. The number of hydrogen-bond acceptors (Lipinski definition) is 2. The smallest absolute Gasteiger partial charge is 0.0762 e. The van der Waals surface area contributed by atoms with E-state index in [0.29, 0.717) is 24.3 Å². The van der Waals surface area contributed by atoms with E-state index >= 15 is 0 Å². The highest BCUT2D eigenvalue weighted by molar-refractivity contribution is 6.22. The lowest BCUT2D eigenvalue weighted by molar-refractivity contribution is 0.409. The van der Waals surface area contributed by atoms with Gasteiger partial charge in [-0.25, -0.2) is 0 Å². The number of rotatable bonds is 8. The van der Waals surface area contributed by atoms with Crippen molar-refractivity contribution in [3.8, 4) is 0 Å². The molecular formula is C13H23Cl2N3. The maximum absolute atomic E-state index is 5.90. The maximum Gasteiger partial charge on any atom is 0.0762 e. The van der Waals surface area contributed by atoms with Crippen LogP contribution in [0, 0.1) is 0 Å². The van der Waals surface area contributed by atoms with Crippen molar-refractivity contribution in [2.75, 3.05) is 11.8 Å². The van der Waals surface area contributed by atoms with Gasteiger partial charge in [0.2, 0.25) is 0 Å². The van der Waals surface area contributed by atoms with Gasteiger partial charge in [-0.3, -0.25) is 4.68 Å². The summed E-state index contributed by atoms with van der Waals surface area (Å²) in [5.41, 5.74) is 0.797. The van der Waals surface area contributed by atoms with Gasteiger partial charge in [0.1, 0.15) is 0 Å². The fourth-order valence-electron chi connectivity index (χ4n) is 1.77. The summed E-state index contributed by atoms with van der Waals surface area (Å²) in [4.78, 5) is 0. The summed E-state index contributed by atoms with van der Waals surface area (Å²) in [5, 5.41) is 7.95. The molecule has 0 bridgehead atoms. The topological polar surface area (TPSA) is 29.9 Å². The molecule has 0 radical (unpaired) electrons. The van der Waals surface area contributed by atoms with E-state index < -0.39 is 0 Å². The van der Waals surface area contributed by atoms with E-state index in [2.05, 4.69) is 28.9 Å². The minimum absolute atomic E-state index is 0.234. The molecule has 3 nitrogen and oxygen atoms in total. The van der Waals surface area contributed by atoms with Crippen LogP contribution in [0.5, 0.6) is 0 Å². The van der Waals surface area contributed by atoms with E-state index in [1.807, 2.05) is 19.2 Å². The van der Waals surface area contributed by atoms with Crippen molar-refractivity contribution >= 4 is 23.2 Å². The zero-order chi connectivity index (χ0) is 13.6. The maximum atomic E-state index is 5.90. The first-order chi connectivity index (χ1) is 8.58. The summed E-state index contributed by atoms with van der Waals surface area (Å²) in [6, 6.07) is 2.54. The Kier molecular flexibility index (Phi) is 6.47. The quantitative estimate of drug-likeness (QED) is 0.742. The fourth-order valence-corrected chi connectivity index (χ4v) is 2.25. The van der Waals surface area contributed by atoms with Crippen molar-refractivity contribution < 1.29 is 0 Å². The molecule has 0 aliphatic rings. The summed E-state index contributed by atoms with van der Waals surface area (Å²) >= 11 is 11.8. The molecule has 104 valence electrons. The first-order valence-corrected chi connectivity index (χ1v) is 7.56. The van der Waals surface area contributed by atoms with E-state index in [1.54, 1.807) is 0 Å². The standard InChI is InChI=1S/C13H23Cl2N3/c1-4-12(5-2)18-7-6-11(17-18)8-16-13(3,9-14)10-15/h6-7,12,16H,4-5,8-10H2,1-3H3. The zero-order valence-corrected chi connectivity index (χ0v) is 12.9. The second kappa shape index (κ2) is 7.37. The van der Waals surface area contributed by atoms with Crippen LogP contribution in [0.1, 0.15) is 45.3 Å². The average molecular weight is 292 g/mol. The van der Waals surface area contributed by atoms with E-state index in [9.17, 15) is 0 Å². The largest absolute Gasteiger partial charge is 0.304 e. The van der Waals surface area contributed by atoms with Gasteiger partial charge in [-0.15, -0.1) is 23.2 Å². The lowest BCUT2D eigenvalue weighted by Crippen LogP contribution is -2.45. The van der Waals surface area contributed by atoms with Gasteiger partial charge in [0, 0.05) is 30.0 Å². The first kappa shape index (κ1) is 15.8. The zero-order valence-electron chi connectivity index (χ0n) is 11.4. The predicted molar refractivity (Wildman–Crippen MR) is 78.5 cm³/mol. The Hall–Kier alpha value is -0.250. The van der Waals surface area contributed by atoms with E-state index in [0.717, 1.165) is 18.5 Å². The van der Waals surface area contributed by atoms with Crippen LogP contribution in [0.3, 0.4) is 0 Å². The second-order valence-electron chi connectivity index (χ2n) is 4.94. The first-order valence-electron chi connectivity index (χ1n) is 6.49. The van der Waals surface area contributed by atoms with Gasteiger partial charge in [0.05, 0.1) is 11.7 Å². The highest BCUT2D eigenvalue weighted by Gasteiger charge is 2.21. The van der Waals surface area contributed by atoms with Crippen molar-refractivity contribution in [1.29, 1.82) is 0 Å². The normalized spacial score (nSPS) is 12.3. The minimum atomic E-state index is -0.234. The third-order valence-corrected chi connectivity index (χ3v) is 4.45. The van der Waals surface area contributed by atoms with Gasteiger partial charge >= 0.3 is 0 Å². The van der Waals surface area contributed by atoms with E-state index in [1.165, 1.54) is 0 Å². The van der Waals surface area contributed by atoms with E-state index in [-0.39, 0.29) is 5.54 Å². The molecule has 0 unspecified atom stereocenters. The van der Waals surface area contributed by atoms with Gasteiger partial charge in [0.25, 0.3) is 0 Å². The Morgan fingerprint density at radius 3 is 2.44 bits per heavy atom. The third-order valence-electron chi connectivity index (χ3n) is 3.27. The monoisotopic (exact) mass is 291 g/mol. The molecule has 0 fully saturated rings. The Morgan fingerprint density at radius 2 is 1.94 bits per heavy atom. The van der Waals surface area contributed by atoms with Crippen molar-refractivity contribution in [3.05, 3.63) is 18.0 Å². The molecule has 18 heavy (non-hydrogen) atoms. The van der Waals surface area contributed by atoms with Gasteiger partial charge < -0.3 is 5.32 Å². The number of halogens is 2. The molecule has 5 heteroatoms. The SMILES string of the molecule is CCC(CC)n1ccc(CNC(C)(CCl)CCl)n1. The van der Waals surface area contributed by atoms with Crippen LogP contribution in [-0.4, -0.2) is 27.1 Å². The van der Waals surface area contributed by atoms with Gasteiger partial charge in [0.15, 0.2) is 0 Å². The number of hydrogen-bond donors (Lipinski definition) is 1. The molecule has 0 amide bonds. The van der Waals surface area contributed by atoms with Gasteiger partial charge in [-0.2, -0.15) is 5.10 Å². The Balaban J connectivity index is 2.59. The predicted octanol–water partition coefficient (Wildman–Crippen LogP) is 3.57. The minimum Gasteiger partial charge on any atom is -0.304 e. The molecule has 0 aromatic carbocycles. The Bertz CT molecular complexity index is 344. The molecule has 1 heterocycles. The van der Waals surface area contributed by atoms with Crippen LogP contribution >= 0.6 is 23.2 Å². The van der Waals surface area contributed by atoms with Crippen molar-refractivity contribution in [1.82, 2.24) is 15.1 Å². The van der Waals surface area contributed by atoms with Crippen molar-refractivity contribution in [3.63, 3.8) is 0 Å². The van der Waals surface area contributed by atoms with Gasteiger partial charge in [-0.1, -0.05) is 13.8 Å². The lowest BCUT2D eigenvalue weighted by atomic mass is 10.1. The third kappa shape index (κ3) is 4.15. The highest BCUT2D eigenvalue weighted by atomic mass is 35.5. The molecule has 1 aromatic heterocycles. The molecule has 0 aliphatic carbocycles. The summed E-state index contributed by atoms with van der Waals surface area (Å²) in [6.45, 7) is 7.09. The lowest BCUT2D eigenvalue weighted by Gasteiger charge is -2.25. The summed E-state index contributed by atoms with van der Waals surface area (Å²) in [6.07, 6.45) is 4.26. The molecule has 0 saturated carbocycles. The van der Waals surface area contributed by atoms with Crippen LogP contribution in [0.2, 0.25) is 0 Å². The van der Waals surface area contributed by atoms with Crippen LogP contribution in [0.15, 0.2) is 12.3 Å². The molecule has 0 aliphatic heterocycles. The second-order valence-corrected chi connectivity index (χ2v) is 5.47. The van der Waals surface area contributed by atoms with Crippen molar-refractivity contribution in [2.24, 2.45) is 0 Å². The fraction of sp³-hybridized carbons (Fsp3) is 0.769. The van der Waals surface area contributed by atoms with Crippen LogP contribution in [0.4, 0.5) is 0 Å². The summed E-state index contributed by atoms with van der Waals surface area (Å²) in [5.74, 6) is 0.980.